The van der Waals surface area contributed by atoms with Crippen molar-refractivity contribution in [2.75, 3.05) is 6.61 Å². The van der Waals surface area contributed by atoms with Gasteiger partial charge in [-0.2, -0.15) is 0 Å². The summed E-state index contributed by atoms with van der Waals surface area (Å²) in [6.45, 7) is 5.76. The number of nitrogens with zero attached hydrogens (tertiary/aromatic N) is 1. The molecule has 72 valence electrons. The second-order valence-electron chi connectivity index (χ2n) is 3.20. The van der Waals surface area contributed by atoms with E-state index in [1.165, 1.54) is 0 Å². The Morgan fingerprint density at radius 2 is 2.00 bits per heavy atom. The van der Waals surface area contributed by atoms with Crippen LogP contribution in [0.1, 0.15) is 27.2 Å². The molecule has 0 bridgehead atoms. The molecule has 0 aliphatic carbocycles. The van der Waals surface area contributed by atoms with E-state index in [4.69, 9.17) is 10.8 Å². The molecule has 0 aromatic rings. The average Bonchev–Trinajstić information content (AvgIpc) is 1.85. The molecule has 0 saturated carbocycles. The zero-order valence-corrected chi connectivity index (χ0v) is 7.95. The number of aliphatic hydroxyl groups excluding tert-OH is 1. The zero-order valence-electron chi connectivity index (χ0n) is 7.95. The molecule has 0 aromatic carbocycles. The Bertz CT molecular complexity index is 148. The Morgan fingerprint density at radius 3 is 2.25 bits per heavy atom. The summed E-state index contributed by atoms with van der Waals surface area (Å²) in [6.07, 6.45) is 0.571. The minimum atomic E-state index is -0.425. The number of carbonyl (C=O) groups is 1. The zero-order chi connectivity index (χ0) is 9.72. The smallest absolute Gasteiger partial charge is 0.315 e. The van der Waals surface area contributed by atoms with E-state index in [1.807, 2.05) is 20.8 Å². The highest BCUT2D eigenvalue weighted by Crippen LogP contribution is 2.07. The van der Waals surface area contributed by atoms with Gasteiger partial charge in [-0.05, 0) is 27.2 Å². The first-order chi connectivity index (χ1) is 5.50. The maximum Gasteiger partial charge on any atom is 0.315 e. The highest BCUT2D eigenvalue weighted by molar-refractivity contribution is 5.72. The van der Waals surface area contributed by atoms with Crippen LogP contribution < -0.4 is 5.73 Å². The van der Waals surface area contributed by atoms with Gasteiger partial charge in [-0.25, -0.2) is 4.79 Å². The van der Waals surface area contributed by atoms with Crippen molar-refractivity contribution in [1.82, 2.24) is 4.90 Å². The standard InChI is InChI=1S/C8H18N2O2/c1-6(2)10(8(9)12)7(3)4-5-11/h6-7,11H,4-5H2,1-3H3,(H2,9,12). The third kappa shape index (κ3) is 3.09. The fourth-order valence-corrected chi connectivity index (χ4v) is 1.31. The van der Waals surface area contributed by atoms with Crippen LogP contribution in [0.3, 0.4) is 0 Å². The third-order valence-corrected chi connectivity index (χ3v) is 1.83. The summed E-state index contributed by atoms with van der Waals surface area (Å²) in [7, 11) is 0. The fraction of sp³-hybridized carbons (Fsp3) is 0.875. The first kappa shape index (κ1) is 11.2. The van der Waals surface area contributed by atoms with Crippen LogP contribution in [0.25, 0.3) is 0 Å². The maximum atomic E-state index is 10.9. The van der Waals surface area contributed by atoms with Crippen molar-refractivity contribution in [1.29, 1.82) is 0 Å². The van der Waals surface area contributed by atoms with Crippen molar-refractivity contribution in [2.45, 2.75) is 39.3 Å². The molecule has 0 fully saturated rings. The molecule has 1 unspecified atom stereocenters. The lowest BCUT2D eigenvalue weighted by Crippen LogP contribution is -2.46. The molecular formula is C8H18N2O2. The van der Waals surface area contributed by atoms with Gasteiger partial charge in [0.05, 0.1) is 0 Å². The van der Waals surface area contributed by atoms with E-state index in [1.54, 1.807) is 4.90 Å². The Labute approximate surface area is 73.3 Å². The molecule has 0 radical (unpaired) electrons. The molecular weight excluding hydrogens is 156 g/mol. The lowest BCUT2D eigenvalue weighted by Gasteiger charge is -2.30. The molecule has 4 heteroatoms. The van der Waals surface area contributed by atoms with Crippen LogP contribution >= 0.6 is 0 Å². The fourth-order valence-electron chi connectivity index (χ4n) is 1.31. The van der Waals surface area contributed by atoms with Gasteiger partial charge in [0, 0.05) is 18.7 Å². The van der Waals surface area contributed by atoms with Crippen molar-refractivity contribution >= 4 is 6.03 Å². The highest BCUT2D eigenvalue weighted by atomic mass is 16.3. The van der Waals surface area contributed by atoms with Gasteiger partial charge in [0.1, 0.15) is 0 Å². The molecule has 0 aromatic heterocycles. The van der Waals surface area contributed by atoms with Gasteiger partial charge in [-0.15, -0.1) is 0 Å². The number of hydrogen-bond donors (Lipinski definition) is 2. The molecule has 12 heavy (non-hydrogen) atoms. The average molecular weight is 174 g/mol. The number of nitrogens with two attached hydrogens (primary N) is 1. The Morgan fingerprint density at radius 1 is 1.50 bits per heavy atom. The minimum absolute atomic E-state index is 0.00694. The van der Waals surface area contributed by atoms with Gasteiger partial charge in [0.15, 0.2) is 0 Å². The molecule has 0 aliphatic heterocycles. The van der Waals surface area contributed by atoms with E-state index >= 15 is 0 Å². The SMILES string of the molecule is CC(C)N(C(N)=O)C(C)CCO. The molecule has 0 saturated heterocycles. The monoisotopic (exact) mass is 174 g/mol. The Balaban J connectivity index is 4.19. The summed E-state index contributed by atoms with van der Waals surface area (Å²) >= 11 is 0. The van der Waals surface area contributed by atoms with Gasteiger partial charge >= 0.3 is 6.03 Å². The largest absolute Gasteiger partial charge is 0.396 e. The summed E-state index contributed by atoms with van der Waals surface area (Å²) in [5, 5.41) is 8.67. The number of amides is 2. The Kier molecular flexibility index (Phi) is 4.66. The van der Waals surface area contributed by atoms with E-state index in [0.29, 0.717) is 6.42 Å². The van der Waals surface area contributed by atoms with E-state index in [0.717, 1.165) is 0 Å². The summed E-state index contributed by atoms with van der Waals surface area (Å²) in [4.78, 5) is 12.5. The quantitative estimate of drug-likeness (QED) is 0.653. The lowest BCUT2D eigenvalue weighted by molar-refractivity contribution is 0.151. The van der Waals surface area contributed by atoms with Gasteiger partial charge in [0.25, 0.3) is 0 Å². The molecule has 2 amide bonds. The first-order valence-electron chi connectivity index (χ1n) is 4.19. The third-order valence-electron chi connectivity index (χ3n) is 1.83. The molecule has 0 spiro atoms. The van der Waals surface area contributed by atoms with E-state index in [2.05, 4.69) is 0 Å². The maximum absolute atomic E-state index is 10.9. The lowest BCUT2D eigenvalue weighted by atomic mass is 10.2. The normalized spacial score (nSPS) is 13.1. The van der Waals surface area contributed by atoms with Crippen LogP contribution in [0, 0.1) is 0 Å². The number of aliphatic hydroxyl groups is 1. The van der Waals surface area contributed by atoms with Crippen molar-refractivity contribution in [2.24, 2.45) is 5.73 Å². The Hall–Kier alpha value is -0.770. The highest BCUT2D eigenvalue weighted by Gasteiger charge is 2.19. The van der Waals surface area contributed by atoms with Crippen LogP contribution in [-0.2, 0) is 0 Å². The van der Waals surface area contributed by atoms with Gasteiger partial charge in [-0.1, -0.05) is 0 Å². The second-order valence-corrected chi connectivity index (χ2v) is 3.20. The summed E-state index contributed by atoms with van der Waals surface area (Å²) in [5.74, 6) is 0. The molecule has 0 heterocycles. The van der Waals surface area contributed by atoms with Crippen LogP contribution in [0.2, 0.25) is 0 Å². The van der Waals surface area contributed by atoms with E-state index < -0.39 is 6.03 Å². The van der Waals surface area contributed by atoms with Crippen molar-refractivity contribution in [3.8, 4) is 0 Å². The molecule has 4 nitrogen and oxygen atoms in total. The number of rotatable bonds is 4. The predicted octanol–water partition coefficient (Wildman–Crippen LogP) is 0.546. The predicted molar refractivity (Wildman–Crippen MR) is 47.7 cm³/mol. The second kappa shape index (κ2) is 4.98. The van der Waals surface area contributed by atoms with Crippen LogP contribution in [0.5, 0.6) is 0 Å². The molecule has 0 rings (SSSR count). The van der Waals surface area contributed by atoms with E-state index in [-0.39, 0.29) is 18.7 Å². The molecule has 1 atom stereocenters. The van der Waals surface area contributed by atoms with E-state index in [9.17, 15) is 4.79 Å². The molecule has 0 aliphatic rings. The number of urea groups is 1. The van der Waals surface area contributed by atoms with Crippen LogP contribution in [-0.4, -0.2) is 34.7 Å². The number of carbonyl (C=O) groups excluding carboxylic acids is 1. The minimum Gasteiger partial charge on any atom is -0.396 e. The van der Waals surface area contributed by atoms with Crippen LogP contribution in [0.15, 0.2) is 0 Å². The number of hydrogen-bond acceptors (Lipinski definition) is 2. The van der Waals surface area contributed by atoms with Gasteiger partial charge in [-0.3, -0.25) is 0 Å². The summed E-state index contributed by atoms with van der Waals surface area (Å²) in [5.41, 5.74) is 5.17. The van der Waals surface area contributed by atoms with Gasteiger partial charge < -0.3 is 15.7 Å². The van der Waals surface area contributed by atoms with Crippen molar-refractivity contribution < 1.29 is 9.90 Å². The number of primary amides is 1. The summed E-state index contributed by atoms with van der Waals surface area (Å²) in [6, 6.07) is -0.331. The van der Waals surface area contributed by atoms with Gasteiger partial charge in [0.2, 0.25) is 0 Å². The first-order valence-corrected chi connectivity index (χ1v) is 4.19. The van der Waals surface area contributed by atoms with Crippen molar-refractivity contribution in [3.63, 3.8) is 0 Å². The summed E-state index contributed by atoms with van der Waals surface area (Å²) < 4.78 is 0. The molecule has 3 N–H and O–H groups in total. The van der Waals surface area contributed by atoms with Crippen molar-refractivity contribution in [3.05, 3.63) is 0 Å². The van der Waals surface area contributed by atoms with Crippen LogP contribution in [0.4, 0.5) is 4.79 Å². The topological polar surface area (TPSA) is 66.6 Å².